The molecule has 2 aliphatic heterocycles. The molecular weight excluding hydrogens is 473 g/mol. The zero-order chi connectivity index (χ0) is 24.7. The molecule has 1 unspecified atom stereocenters. The Morgan fingerprint density at radius 2 is 1.94 bits per heavy atom. The van der Waals surface area contributed by atoms with Crippen LogP contribution in [0.25, 0.3) is 27.9 Å². The lowest BCUT2D eigenvalue weighted by Crippen LogP contribution is -2.31. The zero-order valence-corrected chi connectivity index (χ0v) is 19.6. The molecule has 2 aliphatic rings. The molecule has 0 radical (unpaired) electrons. The van der Waals surface area contributed by atoms with Crippen LogP contribution in [0.2, 0.25) is 0 Å². The summed E-state index contributed by atoms with van der Waals surface area (Å²) in [7, 11) is 0. The van der Waals surface area contributed by atoms with E-state index >= 15 is 0 Å². The molecule has 4 aromatic heterocycles. The number of nitrogens with one attached hydrogen (secondary N) is 2. The minimum absolute atomic E-state index is 0.0299. The van der Waals surface area contributed by atoms with Crippen molar-refractivity contribution >= 4 is 22.5 Å². The Labute approximate surface area is 205 Å². The van der Waals surface area contributed by atoms with E-state index in [0.29, 0.717) is 36.1 Å². The van der Waals surface area contributed by atoms with Gasteiger partial charge in [-0.2, -0.15) is 18.3 Å². The molecule has 0 saturated carbocycles. The first-order chi connectivity index (χ1) is 17.5. The van der Waals surface area contributed by atoms with E-state index in [1.165, 1.54) is 0 Å². The molecule has 4 aromatic rings. The second-order valence-electron chi connectivity index (χ2n) is 9.34. The number of nitrogens with zero attached hydrogens (tertiary/aromatic N) is 6. The first-order valence-corrected chi connectivity index (χ1v) is 12.4. The Morgan fingerprint density at radius 3 is 2.78 bits per heavy atom. The van der Waals surface area contributed by atoms with Gasteiger partial charge in [-0.15, -0.1) is 5.10 Å². The summed E-state index contributed by atoms with van der Waals surface area (Å²) in [4.78, 5) is 8.44. The van der Waals surface area contributed by atoms with Crippen molar-refractivity contribution in [2.75, 3.05) is 25.0 Å². The average Bonchev–Trinajstić information content (AvgIpc) is 3.32. The highest BCUT2D eigenvalue weighted by molar-refractivity contribution is 6.03. The SMILES string of the molecule is FC(F)(F)c1cnc(N[C@H]2CCCCNC2)nc1-c1nn(C2CCCCO2)c2nn3ccccc3c12. The lowest BCUT2D eigenvalue weighted by molar-refractivity contribution is -0.137. The summed E-state index contributed by atoms with van der Waals surface area (Å²) in [5, 5.41) is 16.4. The van der Waals surface area contributed by atoms with Crippen molar-refractivity contribution in [3.63, 3.8) is 0 Å². The standard InChI is InChI=1S/C24H27F3N8O/c25-24(26,27)16-14-29-23(30-15-7-1-4-10-28-13-15)31-20(16)21-19-17-8-2-5-11-34(17)33-22(19)35(32-21)18-9-3-6-12-36-18/h2,5,8,11,14-15,18,28H,1,3-4,6-7,9-10,12-13H2,(H,29,30,31)/t15-,18?/m0/s1. The highest BCUT2D eigenvalue weighted by Crippen LogP contribution is 2.40. The molecule has 6 rings (SSSR count). The van der Waals surface area contributed by atoms with E-state index in [9.17, 15) is 13.2 Å². The molecule has 0 aromatic carbocycles. The van der Waals surface area contributed by atoms with Crippen molar-refractivity contribution in [2.24, 2.45) is 0 Å². The van der Waals surface area contributed by atoms with Gasteiger partial charge in [0.25, 0.3) is 0 Å². The van der Waals surface area contributed by atoms with Crippen LogP contribution in [0.4, 0.5) is 19.1 Å². The van der Waals surface area contributed by atoms with E-state index in [1.54, 1.807) is 15.4 Å². The Bertz CT molecular complexity index is 1370. The molecule has 0 spiro atoms. The summed E-state index contributed by atoms with van der Waals surface area (Å²) in [6.07, 6.45) is 3.12. The third kappa shape index (κ3) is 4.28. The smallest absolute Gasteiger partial charge is 0.356 e. The highest BCUT2D eigenvalue weighted by Gasteiger charge is 2.38. The average molecular weight is 501 g/mol. The third-order valence-electron chi connectivity index (χ3n) is 6.81. The molecule has 0 aliphatic carbocycles. The van der Waals surface area contributed by atoms with Gasteiger partial charge in [0.2, 0.25) is 5.95 Å². The van der Waals surface area contributed by atoms with Crippen molar-refractivity contribution in [3.05, 3.63) is 36.2 Å². The van der Waals surface area contributed by atoms with E-state index in [0.717, 1.165) is 44.8 Å². The fourth-order valence-corrected chi connectivity index (χ4v) is 5.03. The van der Waals surface area contributed by atoms with Crippen molar-refractivity contribution in [1.82, 2.24) is 34.7 Å². The number of rotatable bonds is 4. The Hall–Kier alpha value is -3.25. The molecule has 2 N–H and O–H groups in total. The maximum atomic E-state index is 14.2. The largest absolute Gasteiger partial charge is 0.420 e. The van der Waals surface area contributed by atoms with Crippen molar-refractivity contribution in [3.8, 4) is 11.4 Å². The van der Waals surface area contributed by atoms with Crippen LogP contribution < -0.4 is 10.6 Å². The van der Waals surface area contributed by atoms with Gasteiger partial charge >= 0.3 is 6.18 Å². The second kappa shape index (κ2) is 9.32. The molecule has 190 valence electrons. The quantitative estimate of drug-likeness (QED) is 0.429. The first kappa shape index (κ1) is 23.2. The van der Waals surface area contributed by atoms with Gasteiger partial charge in [-0.05, 0) is 50.8 Å². The predicted molar refractivity (Wildman–Crippen MR) is 127 cm³/mol. The van der Waals surface area contributed by atoms with Crippen LogP contribution in [-0.4, -0.2) is 55.1 Å². The number of alkyl halides is 3. The zero-order valence-electron chi connectivity index (χ0n) is 19.6. The van der Waals surface area contributed by atoms with E-state index in [2.05, 4.69) is 30.8 Å². The maximum Gasteiger partial charge on any atom is 0.420 e. The number of ether oxygens (including phenoxy) is 1. The lowest BCUT2D eigenvalue weighted by atomic mass is 10.1. The molecule has 0 bridgehead atoms. The summed E-state index contributed by atoms with van der Waals surface area (Å²) in [6.45, 7) is 2.19. The van der Waals surface area contributed by atoms with Crippen molar-refractivity contribution < 1.29 is 17.9 Å². The Morgan fingerprint density at radius 1 is 1.06 bits per heavy atom. The monoisotopic (exact) mass is 500 g/mol. The van der Waals surface area contributed by atoms with Gasteiger partial charge in [0, 0.05) is 31.6 Å². The Kier molecular flexibility index (Phi) is 6.00. The number of halogens is 3. The van der Waals surface area contributed by atoms with Gasteiger partial charge in [0.15, 0.2) is 11.9 Å². The van der Waals surface area contributed by atoms with Gasteiger partial charge in [-0.25, -0.2) is 19.2 Å². The van der Waals surface area contributed by atoms with E-state index in [-0.39, 0.29) is 23.4 Å². The molecule has 0 amide bonds. The number of fused-ring (bicyclic) bond motifs is 3. The fraction of sp³-hybridized carbons (Fsp3) is 0.500. The molecular formula is C24H27F3N8O. The van der Waals surface area contributed by atoms with Gasteiger partial charge in [-0.3, -0.25) is 0 Å². The number of hydrogen-bond acceptors (Lipinski definition) is 7. The van der Waals surface area contributed by atoms with Crippen LogP contribution in [0.3, 0.4) is 0 Å². The number of aromatic nitrogens is 6. The third-order valence-corrected chi connectivity index (χ3v) is 6.81. The number of hydrogen-bond donors (Lipinski definition) is 2. The van der Waals surface area contributed by atoms with Crippen LogP contribution in [0.1, 0.15) is 50.3 Å². The molecule has 6 heterocycles. The van der Waals surface area contributed by atoms with Gasteiger partial charge in [0.05, 0.1) is 10.9 Å². The maximum absolute atomic E-state index is 14.2. The Balaban J connectivity index is 1.52. The van der Waals surface area contributed by atoms with Gasteiger partial charge in [0.1, 0.15) is 17.0 Å². The minimum atomic E-state index is -4.65. The van der Waals surface area contributed by atoms with Gasteiger partial charge < -0.3 is 15.4 Å². The fourth-order valence-electron chi connectivity index (χ4n) is 5.03. The molecule has 12 heteroatoms. The van der Waals surface area contributed by atoms with Crippen molar-refractivity contribution in [1.29, 1.82) is 0 Å². The topological polar surface area (TPSA) is 94.2 Å². The molecule has 2 saturated heterocycles. The molecule has 9 nitrogen and oxygen atoms in total. The van der Waals surface area contributed by atoms with Crippen LogP contribution in [0.15, 0.2) is 30.6 Å². The van der Waals surface area contributed by atoms with Crippen LogP contribution in [0.5, 0.6) is 0 Å². The van der Waals surface area contributed by atoms with E-state index in [1.807, 2.05) is 18.2 Å². The normalized spacial score (nSPS) is 21.6. The summed E-state index contributed by atoms with van der Waals surface area (Å²) < 4.78 is 51.8. The van der Waals surface area contributed by atoms with Gasteiger partial charge in [-0.1, -0.05) is 12.5 Å². The summed E-state index contributed by atoms with van der Waals surface area (Å²) in [5.41, 5.74) is 0.0477. The lowest BCUT2D eigenvalue weighted by Gasteiger charge is -2.22. The molecule has 2 atom stereocenters. The van der Waals surface area contributed by atoms with E-state index in [4.69, 9.17) is 4.74 Å². The van der Waals surface area contributed by atoms with E-state index < -0.39 is 18.0 Å². The van der Waals surface area contributed by atoms with Crippen LogP contribution in [-0.2, 0) is 10.9 Å². The molecule has 36 heavy (non-hydrogen) atoms. The number of anilines is 1. The van der Waals surface area contributed by atoms with Crippen molar-refractivity contribution in [2.45, 2.75) is 57.0 Å². The van der Waals surface area contributed by atoms with Crippen LogP contribution in [0, 0.1) is 0 Å². The summed E-state index contributed by atoms with van der Waals surface area (Å²) >= 11 is 0. The second-order valence-corrected chi connectivity index (χ2v) is 9.34. The highest BCUT2D eigenvalue weighted by atomic mass is 19.4. The first-order valence-electron chi connectivity index (χ1n) is 12.4. The summed E-state index contributed by atoms with van der Waals surface area (Å²) in [5.74, 6) is 0.153. The summed E-state index contributed by atoms with van der Waals surface area (Å²) in [6, 6.07) is 5.49. The number of pyridine rings is 1. The molecule has 2 fully saturated rings. The van der Waals surface area contributed by atoms with Crippen LogP contribution >= 0.6 is 0 Å². The minimum Gasteiger partial charge on any atom is -0.356 e. The predicted octanol–water partition coefficient (Wildman–Crippen LogP) is 4.41.